The lowest BCUT2D eigenvalue weighted by atomic mass is 9.95. The summed E-state index contributed by atoms with van der Waals surface area (Å²) in [5, 5.41) is 13.1. The Kier molecular flexibility index (Phi) is 7.86. The number of non-ortho nitro benzene ring substituents is 1. The third kappa shape index (κ3) is 5.76. The van der Waals surface area contributed by atoms with Crippen molar-refractivity contribution in [3.05, 3.63) is 39.9 Å². The second-order valence-corrected chi connectivity index (χ2v) is 5.19. The molecule has 1 N–H and O–H groups in total. The number of nitrogens with zero attached hydrogens (tertiary/aromatic N) is 1. The van der Waals surface area contributed by atoms with Crippen LogP contribution in [0.5, 0.6) is 0 Å². The van der Waals surface area contributed by atoms with Crippen LogP contribution in [0.2, 0.25) is 0 Å². The number of methoxy groups -OCH3 is 3. The summed E-state index contributed by atoms with van der Waals surface area (Å²) in [6.45, 7) is 0. The van der Waals surface area contributed by atoms with Gasteiger partial charge in [-0.15, -0.1) is 0 Å². The number of hydrogen-bond acceptors (Lipinski definition) is 9. The summed E-state index contributed by atoms with van der Waals surface area (Å²) in [6.07, 6.45) is -0.557. The summed E-state index contributed by atoms with van der Waals surface area (Å²) in [5.74, 6) is -5.07. The molecular formula is C16H18N2O9. The van der Waals surface area contributed by atoms with Gasteiger partial charge in [-0.1, -0.05) is 6.07 Å². The van der Waals surface area contributed by atoms with E-state index in [0.29, 0.717) is 0 Å². The number of carbonyl (C=O) groups excluding carboxylic acids is 4. The molecule has 1 rings (SSSR count). The summed E-state index contributed by atoms with van der Waals surface area (Å²) >= 11 is 0. The van der Waals surface area contributed by atoms with E-state index in [1.165, 1.54) is 18.2 Å². The predicted octanol–water partition coefficient (Wildman–Crippen LogP) is 0.218. The molecule has 0 aliphatic rings. The standard InChI is InChI=1S/C16H18N2O9/c1-25-12(19)8-11(15(21)26-2)13(16(22)27-3)17-14(20)9-5-4-6-10(7-9)18(23)24/h4-7,11,13H,8H2,1-3H3,(H,17,20)/t11-,13-/m0/s1. The fourth-order valence-electron chi connectivity index (χ4n) is 2.19. The van der Waals surface area contributed by atoms with E-state index in [1.54, 1.807) is 0 Å². The van der Waals surface area contributed by atoms with Crippen LogP contribution in [0.25, 0.3) is 0 Å². The molecule has 11 heteroatoms. The lowest BCUT2D eigenvalue weighted by molar-refractivity contribution is -0.384. The third-order valence-corrected chi connectivity index (χ3v) is 3.58. The first-order chi connectivity index (χ1) is 12.7. The molecule has 0 saturated heterocycles. The van der Waals surface area contributed by atoms with Gasteiger partial charge in [-0.2, -0.15) is 0 Å². The van der Waals surface area contributed by atoms with E-state index in [0.717, 1.165) is 27.4 Å². The number of benzene rings is 1. The van der Waals surface area contributed by atoms with Crippen molar-refractivity contribution < 1.29 is 38.3 Å². The third-order valence-electron chi connectivity index (χ3n) is 3.58. The quantitative estimate of drug-likeness (QED) is 0.288. The molecule has 146 valence electrons. The highest BCUT2D eigenvalue weighted by molar-refractivity contribution is 5.98. The number of nitrogens with one attached hydrogen (secondary N) is 1. The molecule has 0 spiro atoms. The number of ether oxygens (including phenoxy) is 3. The van der Waals surface area contributed by atoms with Gasteiger partial charge in [0.1, 0.15) is 6.04 Å². The molecule has 0 aromatic heterocycles. The van der Waals surface area contributed by atoms with E-state index in [4.69, 9.17) is 0 Å². The largest absolute Gasteiger partial charge is 0.469 e. The minimum Gasteiger partial charge on any atom is -0.469 e. The Morgan fingerprint density at radius 1 is 1.07 bits per heavy atom. The molecule has 0 aliphatic heterocycles. The summed E-state index contributed by atoms with van der Waals surface area (Å²) in [6, 6.07) is 3.17. The van der Waals surface area contributed by atoms with Crippen molar-refractivity contribution in [1.29, 1.82) is 0 Å². The molecule has 1 amide bonds. The minimum atomic E-state index is -1.58. The van der Waals surface area contributed by atoms with Crippen molar-refractivity contribution in [2.75, 3.05) is 21.3 Å². The average molecular weight is 382 g/mol. The summed E-state index contributed by atoms with van der Waals surface area (Å²) < 4.78 is 13.6. The molecule has 2 atom stereocenters. The number of carbonyl (C=O) groups is 4. The second-order valence-electron chi connectivity index (χ2n) is 5.19. The maximum absolute atomic E-state index is 12.4. The molecule has 0 bridgehead atoms. The number of nitro groups is 1. The number of rotatable bonds is 8. The van der Waals surface area contributed by atoms with Crippen molar-refractivity contribution in [2.24, 2.45) is 5.92 Å². The predicted molar refractivity (Wildman–Crippen MR) is 88.5 cm³/mol. The Balaban J connectivity index is 3.18. The van der Waals surface area contributed by atoms with E-state index in [1.807, 2.05) is 0 Å². The Labute approximate surface area is 153 Å². The summed E-state index contributed by atoms with van der Waals surface area (Å²) in [5.41, 5.74) is -0.462. The molecule has 0 radical (unpaired) electrons. The van der Waals surface area contributed by atoms with Gasteiger partial charge < -0.3 is 19.5 Å². The Bertz CT molecular complexity index is 747. The molecule has 0 fully saturated rings. The Hall–Kier alpha value is -3.50. The van der Waals surface area contributed by atoms with E-state index in [-0.39, 0.29) is 11.3 Å². The molecule has 27 heavy (non-hydrogen) atoms. The number of nitro benzene ring substituents is 1. The Morgan fingerprint density at radius 3 is 2.22 bits per heavy atom. The lowest BCUT2D eigenvalue weighted by Gasteiger charge is -2.23. The summed E-state index contributed by atoms with van der Waals surface area (Å²) in [4.78, 5) is 58.2. The Morgan fingerprint density at radius 2 is 1.70 bits per heavy atom. The van der Waals surface area contributed by atoms with Crippen LogP contribution in [-0.4, -0.2) is 56.1 Å². The molecule has 0 heterocycles. The van der Waals surface area contributed by atoms with Crippen molar-refractivity contribution in [2.45, 2.75) is 12.5 Å². The number of esters is 3. The topological polar surface area (TPSA) is 151 Å². The van der Waals surface area contributed by atoms with Gasteiger partial charge in [0, 0.05) is 17.7 Å². The smallest absolute Gasteiger partial charge is 0.329 e. The van der Waals surface area contributed by atoms with Gasteiger partial charge >= 0.3 is 17.9 Å². The fraction of sp³-hybridized carbons (Fsp3) is 0.375. The van der Waals surface area contributed by atoms with E-state index >= 15 is 0 Å². The van der Waals surface area contributed by atoms with Crippen LogP contribution in [0.3, 0.4) is 0 Å². The van der Waals surface area contributed by atoms with Crippen molar-refractivity contribution in [1.82, 2.24) is 5.32 Å². The van der Waals surface area contributed by atoms with Gasteiger partial charge in [-0.25, -0.2) is 4.79 Å². The molecule has 0 unspecified atom stereocenters. The van der Waals surface area contributed by atoms with Crippen LogP contribution < -0.4 is 5.32 Å². The molecule has 11 nitrogen and oxygen atoms in total. The zero-order chi connectivity index (χ0) is 20.6. The SMILES string of the molecule is COC(=O)C[C@H](C(=O)OC)[C@H](NC(=O)c1cccc([N+](=O)[O-])c1)C(=O)OC. The lowest BCUT2D eigenvalue weighted by Crippen LogP contribution is -2.50. The molecule has 1 aromatic rings. The van der Waals surface area contributed by atoms with Gasteiger partial charge in [0.05, 0.1) is 38.6 Å². The van der Waals surface area contributed by atoms with Gasteiger partial charge in [0.2, 0.25) is 0 Å². The van der Waals surface area contributed by atoms with Gasteiger partial charge in [0.15, 0.2) is 0 Å². The first-order valence-electron chi connectivity index (χ1n) is 7.52. The highest BCUT2D eigenvalue weighted by Crippen LogP contribution is 2.17. The van der Waals surface area contributed by atoms with Crippen molar-refractivity contribution >= 4 is 29.5 Å². The molecular weight excluding hydrogens is 364 g/mol. The van der Waals surface area contributed by atoms with Crippen LogP contribution >= 0.6 is 0 Å². The van der Waals surface area contributed by atoms with Crippen molar-refractivity contribution in [3.8, 4) is 0 Å². The van der Waals surface area contributed by atoms with E-state index in [2.05, 4.69) is 19.5 Å². The fourth-order valence-corrected chi connectivity index (χ4v) is 2.19. The van der Waals surface area contributed by atoms with Crippen LogP contribution in [-0.2, 0) is 28.6 Å². The highest BCUT2D eigenvalue weighted by atomic mass is 16.6. The molecule has 0 saturated carbocycles. The van der Waals surface area contributed by atoms with Crippen molar-refractivity contribution in [3.63, 3.8) is 0 Å². The first kappa shape index (κ1) is 21.5. The van der Waals surface area contributed by atoms with E-state index in [9.17, 15) is 29.3 Å². The second kappa shape index (κ2) is 9.85. The number of amides is 1. The first-order valence-corrected chi connectivity index (χ1v) is 7.52. The van der Waals surface area contributed by atoms with E-state index < -0.39 is 47.1 Å². The highest BCUT2D eigenvalue weighted by Gasteiger charge is 2.38. The van der Waals surface area contributed by atoms with Crippen LogP contribution in [0.4, 0.5) is 5.69 Å². The maximum Gasteiger partial charge on any atom is 0.329 e. The number of hydrogen-bond donors (Lipinski definition) is 1. The zero-order valence-corrected chi connectivity index (χ0v) is 14.8. The van der Waals surface area contributed by atoms with Gasteiger partial charge in [-0.05, 0) is 6.07 Å². The maximum atomic E-state index is 12.4. The monoisotopic (exact) mass is 382 g/mol. The molecule has 0 aliphatic carbocycles. The van der Waals surface area contributed by atoms with Crippen LogP contribution in [0, 0.1) is 16.0 Å². The molecule has 1 aromatic carbocycles. The minimum absolute atomic E-state index is 0.125. The zero-order valence-electron chi connectivity index (χ0n) is 14.8. The van der Waals surface area contributed by atoms with Gasteiger partial charge in [-0.3, -0.25) is 24.5 Å². The average Bonchev–Trinajstić information content (AvgIpc) is 2.68. The van der Waals surface area contributed by atoms with Crippen LogP contribution in [0.15, 0.2) is 24.3 Å². The summed E-state index contributed by atoms with van der Waals surface area (Å²) in [7, 11) is 3.16. The van der Waals surface area contributed by atoms with Gasteiger partial charge in [0.25, 0.3) is 11.6 Å². The normalized spacial score (nSPS) is 12.3. The van der Waals surface area contributed by atoms with Crippen LogP contribution in [0.1, 0.15) is 16.8 Å².